The van der Waals surface area contributed by atoms with Gasteiger partial charge in [-0.25, -0.2) is 4.79 Å². The first-order chi connectivity index (χ1) is 8.45. The highest BCUT2D eigenvalue weighted by Crippen LogP contribution is 2.50. The lowest BCUT2D eigenvalue weighted by Gasteiger charge is -2.35. The molecule has 0 bridgehead atoms. The summed E-state index contributed by atoms with van der Waals surface area (Å²) in [5.41, 5.74) is -2.82. The van der Waals surface area contributed by atoms with Crippen LogP contribution in [0.4, 0.5) is 0 Å². The fourth-order valence-corrected chi connectivity index (χ4v) is 2.80. The Labute approximate surface area is 107 Å². The number of hydrogen-bond acceptors (Lipinski definition) is 7. The number of rotatable bonds is 9. The van der Waals surface area contributed by atoms with Crippen molar-refractivity contribution >= 4 is 13.3 Å². The number of hydrogen-bond donors (Lipinski definition) is 0. The summed E-state index contributed by atoms with van der Waals surface area (Å²) in [4.78, 5) is 11.5. The van der Waals surface area contributed by atoms with E-state index in [0.717, 1.165) is 6.08 Å². The zero-order valence-electron chi connectivity index (χ0n) is 11.1. The Hall–Kier alpha value is -0.690. The molecule has 8 heteroatoms. The molecule has 0 radical (unpaired) electrons. The van der Waals surface area contributed by atoms with Crippen LogP contribution in [0.15, 0.2) is 12.7 Å². The fraction of sp³-hybridized carbons (Fsp3) is 0.700. The standard InChI is InChI=1S/C10H18O7P/c1-7-8(11)18(12)10(16-5,17-6)9(13-2,14-3)15-4/h7H,1H2,2-6H3/q+1. The minimum atomic E-state index is -2.72. The van der Waals surface area contributed by atoms with Gasteiger partial charge in [-0.1, -0.05) is 11.1 Å². The molecule has 0 spiro atoms. The molecule has 0 amide bonds. The van der Waals surface area contributed by atoms with Crippen molar-refractivity contribution in [3.8, 4) is 0 Å². The Kier molecular flexibility index (Phi) is 6.77. The molecule has 0 aromatic carbocycles. The van der Waals surface area contributed by atoms with Crippen molar-refractivity contribution in [3.05, 3.63) is 12.7 Å². The maximum Gasteiger partial charge on any atom is 0.495 e. The Morgan fingerprint density at radius 2 is 1.39 bits per heavy atom. The zero-order valence-corrected chi connectivity index (χ0v) is 12.0. The number of carbonyl (C=O) groups is 1. The molecule has 0 aliphatic rings. The molecule has 18 heavy (non-hydrogen) atoms. The van der Waals surface area contributed by atoms with Gasteiger partial charge in [-0.05, 0) is 0 Å². The summed E-state index contributed by atoms with van der Waals surface area (Å²) in [6.45, 7) is 3.26. The van der Waals surface area contributed by atoms with Gasteiger partial charge in [-0.15, -0.1) is 0 Å². The summed E-state index contributed by atoms with van der Waals surface area (Å²) in [6.07, 6.45) is 0.900. The van der Waals surface area contributed by atoms with Gasteiger partial charge in [0.1, 0.15) is 0 Å². The Morgan fingerprint density at radius 1 is 1.00 bits per heavy atom. The molecule has 7 nitrogen and oxygen atoms in total. The average molecular weight is 281 g/mol. The topological polar surface area (TPSA) is 80.3 Å². The van der Waals surface area contributed by atoms with Crippen molar-refractivity contribution in [2.24, 2.45) is 0 Å². The third kappa shape index (κ3) is 2.51. The fourth-order valence-electron chi connectivity index (χ4n) is 1.49. The van der Waals surface area contributed by atoms with Crippen LogP contribution in [0.25, 0.3) is 0 Å². The summed E-state index contributed by atoms with van der Waals surface area (Å²) in [5, 5.41) is 0. The van der Waals surface area contributed by atoms with Gasteiger partial charge < -0.3 is 23.7 Å². The summed E-state index contributed by atoms with van der Waals surface area (Å²) in [6, 6.07) is 0. The zero-order chi connectivity index (χ0) is 14.4. The van der Waals surface area contributed by atoms with Gasteiger partial charge in [0, 0.05) is 41.6 Å². The van der Waals surface area contributed by atoms with Gasteiger partial charge in [0.15, 0.2) is 0 Å². The lowest BCUT2D eigenvalue weighted by atomic mass is 10.5. The molecule has 1 unspecified atom stereocenters. The monoisotopic (exact) mass is 281 g/mol. The quantitative estimate of drug-likeness (QED) is 0.355. The third-order valence-corrected chi connectivity index (χ3v) is 4.15. The van der Waals surface area contributed by atoms with E-state index in [0.29, 0.717) is 0 Å². The molecular weight excluding hydrogens is 263 g/mol. The molecule has 0 N–H and O–H groups in total. The van der Waals surface area contributed by atoms with E-state index in [2.05, 4.69) is 6.58 Å². The predicted molar refractivity (Wildman–Crippen MR) is 63.3 cm³/mol. The number of ether oxygens (including phenoxy) is 5. The van der Waals surface area contributed by atoms with Crippen LogP contribution in [0.2, 0.25) is 0 Å². The summed E-state index contributed by atoms with van der Waals surface area (Å²) in [5.74, 6) is -1.96. The molecule has 0 aliphatic heterocycles. The summed E-state index contributed by atoms with van der Waals surface area (Å²) < 4.78 is 37.4. The van der Waals surface area contributed by atoms with Gasteiger partial charge in [0.2, 0.25) is 0 Å². The van der Waals surface area contributed by atoms with Gasteiger partial charge in [0.05, 0.1) is 0 Å². The van der Waals surface area contributed by atoms with Crippen LogP contribution in [0, 0.1) is 0 Å². The van der Waals surface area contributed by atoms with E-state index in [1.807, 2.05) is 0 Å². The average Bonchev–Trinajstić information content (AvgIpc) is 2.43. The predicted octanol–water partition coefficient (Wildman–Crippen LogP) is 1.07. The van der Waals surface area contributed by atoms with E-state index in [4.69, 9.17) is 23.7 Å². The van der Waals surface area contributed by atoms with E-state index < -0.39 is 24.8 Å². The van der Waals surface area contributed by atoms with Crippen LogP contribution in [0.5, 0.6) is 0 Å². The largest absolute Gasteiger partial charge is 0.495 e. The Bertz CT molecular complexity index is 312. The van der Waals surface area contributed by atoms with Crippen LogP contribution in [0.1, 0.15) is 0 Å². The van der Waals surface area contributed by atoms with Crippen molar-refractivity contribution in [3.63, 3.8) is 0 Å². The van der Waals surface area contributed by atoms with Gasteiger partial charge in [0.25, 0.3) is 0 Å². The van der Waals surface area contributed by atoms with Crippen LogP contribution in [-0.2, 0) is 33.0 Å². The highest BCUT2D eigenvalue weighted by Gasteiger charge is 2.73. The van der Waals surface area contributed by atoms with Gasteiger partial charge >= 0.3 is 24.8 Å². The van der Waals surface area contributed by atoms with E-state index in [-0.39, 0.29) is 0 Å². The highest BCUT2D eigenvalue weighted by molar-refractivity contribution is 7.65. The van der Waals surface area contributed by atoms with Crippen molar-refractivity contribution in [2.45, 2.75) is 11.5 Å². The number of methoxy groups -OCH3 is 5. The first kappa shape index (κ1) is 17.3. The molecule has 0 fully saturated rings. The highest BCUT2D eigenvalue weighted by atomic mass is 31.1. The molecule has 1 atom stereocenters. The molecule has 0 aliphatic carbocycles. The Morgan fingerprint density at radius 3 is 1.61 bits per heavy atom. The minimum Gasteiger partial charge on any atom is -0.323 e. The second-order valence-electron chi connectivity index (χ2n) is 3.00. The second kappa shape index (κ2) is 7.04. The van der Waals surface area contributed by atoms with Crippen molar-refractivity contribution < 1.29 is 33.0 Å². The number of carbonyl (C=O) groups excluding carboxylic acids is 1. The summed E-state index contributed by atoms with van der Waals surface area (Å²) >= 11 is 0. The third-order valence-electron chi connectivity index (χ3n) is 2.39. The smallest absolute Gasteiger partial charge is 0.323 e. The SMILES string of the molecule is C=CC(=O)[P+](=O)C(OC)(OC)C(OC)(OC)OC. The van der Waals surface area contributed by atoms with E-state index in [1.165, 1.54) is 35.5 Å². The van der Waals surface area contributed by atoms with Crippen molar-refractivity contribution in [2.75, 3.05) is 35.5 Å². The maximum absolute atomic E-state index is 12.2. The molecule has 0 saturated carbocycles. The normalized spacial score (nSPS) is 13.3. The van der Waals surface area contributed by atoms with E-state index in [1.54, 1.807) is 0 Å². The van der Waals surface area contributed by atoms with Gasteiger partial charge in [-0.3, -0.25) is 0 Å². The molecule has 0 aromatic heterocycles. The molecule has 104 valence electrons. The van der Waals surface area contributed by atoms with Crippen LogP contribution < -0.4 is 0 Å². The van der Waals surface area contributed by atoms with Crippen LogP contribution in [0.3, 0.4) is 0 Å². The summed E-state index contributed by atoms with van der Waals surface area (Å²) in [7, 11) is 3.38. The molecule has 0 heterocycles. The molecule has 0 saturated heterocycles. The van der Waals surface area contributed by atoms with Crippen molar-refractivity contribution in [1.29, 1.82) is 0 Å². The number of allylic oxidation sites excluding steroid dienone is 1. The molecule has 0 rings (SSSR count). The minimum absolute atomic E-state index is 0.774. The lowest BCUT2D eigenvalue weighted by Crippen LogP contribution is -2.58. The maximum atomic E-state index is 12.2. The lowest BCUT2D eigenvalue weighted by molar-refractivity contribution is -0.446. The molecule has 0 aromatic rings. The van der Waals surface area contributed by atoms with Gasteiger partial charge in [-0.2, -0.15) is 0 Å². The molecular formula is C10H18O7P+. The van der Waals surface area contributed by atoms with E-state index in [9.17, 15) is 9.36 Å². The first-order valence-corrected chi connectivity index (χ1v) is 6.10. The second-order valence-corrected chi connectivity index (χ2v) is 4.61. The van der Waals surface area contributed by atoms with Crippen molar-refractivity contribution in [1.82, 2.24) is 0 Å². The first-order valence-electron chi connectivity index (χ1n) is 4.84. The Balaban J connectivity index is 5.84. The van der Waals surface area contributed by atoms with E-state index >= 15 is 0 Å². The van der Waals surface area contributed by atoms with Crippen LogP contribution >= 0.6 is 7.80 Å². The van der Waals surface area contributed by atoms with Crippen LogP contribution in [-0.4, -0.2) is 52.6 Å².